The zero-order valence-electron chi connectivity index (χ0n) is 25.5. The number of imide groups is 1. The number of hydrogen-bond donors (Lipinski definition) is 1. The highest BCUT2D eigenvalue weighted by atomic mass is 16.5. The molecule has 1 unspecified atom stereocenters. The molecule has 3 aromatic carbocycles. The monoisotopic (exact) mass is 593 g/mol. The minimum absolute atomic E-state index is 0.205. The second-order valence-electron chi connectivity index (χ2n) is 14.3. The zero-order valence-corrected chi connectivity index (χ0v) is 25.5. The van der Waals surface area contributed by atoms with Gasteiger partial charge in [-0.05, 0) is 96.9 Å². The standard InChI is InChI=1S/C37H43N3O4/c41-30(24-44-31-9-7-29(8-10-31)37-20-25-17-26(21-37)19-27(18-25)22-37)23-39-13-11-38(12-14-39)15-16-40-35(42)32-5-1-3-28-4-2-6-33(34(28)32)36(40)43/h1-10,25-27,30,41H,11-24H2. The van der Waals surface area contributed by atoms with Gasteiger partial charge in [0.05, 0.1) is 0 Å². The molecule has 1 saturated heterocycles. The molecule has 7 heteroatoms. The van der Waals surface area contributed by atoms with Crippen LogP contribution in [0.3, 0.4) is 0 Å². The maximum atomic E-state index is 13.2. The second-order valence-corrected chi connectivity index (χ2v) is 14.3. The molecule has 2 aliphatic heterocycles. The van der Waals surface area contributed by atoms with Gasteiger partial charge in [-0.15, -0.1) is 0 Å². The molecule has 7 nitrogen and oxygen atoms in total. The van der Waals surface area contributed by atoms with Crippen LogP contribution in [0.4, 0.5) is 0 Å². The lowest BCUT2D eigenvalue weighted by Crippen LogP contribution is -2.51. The zero-order chi connectivity index (χ0) is 29.8. The summed E-state index contributed by atoms with van der Waals surface area (Å²) >= 11 is 0. The van der Waals surface area contributed by atoms with Crippen molar-refractivity contribution in [2.24, 2.45) is 17.8 Å². The normalized spacial score (nSPS) is 29.0. The van der Waals surface area contributed by atoms with Crippen molar-refractivity contribution in [2.45, 2.75) is 50.0 Å². The number of aliphatic hydroxyl groups excluding tert-OH is 1. The summed E-state index contributed by atoms with van der Waals surface area (Å²) in [5, 5.41) is 12.4. The number of nitrogens with zero attached hydrogens (tertiary/aromatic N) is 3. The van der Waals surface area contributed by atoms with Gasteiger partial charge in [0, 0.05) is 62.3 Å². The Bertz CT molecular complexity index is 1470. The number of piperazine rings is 1. The lowest BCUT2D eigenvalue weighted by molar-refractivity contribution is -0.00523. The summed E-state index contributed by atoms with van der Waals surface area (Å²) < 4.78 is 6.02. The molecule has 3 aromatic rings. The molecule has 2 amide bonds. The third-order valence-electron chi connectivity index (χ3n) is 11.4. The van der Waals surface area contributed by atoms with Crippen molar-refractivity contribution in [3.63, 3.8) is 0 Å². The molecule has 0 aromatic heterocycles. The molecule has 4 saturated carbocycles. The van der Waals surface area contributed by atoms with Crippen molar-refractivity contribution in [3.8, 4) is 5.75 Å². The van der Waals surface area contributed by atoms with E-state index in [0.717, 1.165) is 60.5 Å². The molecule has 1 N–H and O–H groups in total. The van der Waals surface area contributed by atoms with Gasteiger partial charge in [0.15, 0.2) is 0 Å². The Kier molecular flexibility index (Phi) is 7.23. The smallest absolute Gasteiger partial charge is 0.261 e. The molecular formula is C37H43N3O4. The van der Waals surface area contributed by atoms with E-state index in [9.17, 15) is 14.7 Å². The van der Waals surface area contributed by atoms with E-state index in [2.05, 4.69) is 34.1 Å². The molecule has 2 heterocycles. The van der Waals surface area contributed by atoms with Crippen molar-refractivity contribution >= 4 is 22.6 Å². The average Bonchev–Trinajstić information content (AvgIpc) is 3.03. The van der Waals surface area contributed by atoms with Gasteiger partial charge in [-0.2, -0.15) is 0 Å². The van der Waals surface area contributed by atoms with Crippen LogP contribution in [-0.4, -0.2) is 90.1 Å². The minimum Gasteiger partial charge on any atom is -0.491 e. The first-order valence-corrected chi connectivity index (χ1v) is 16.7. The number of amides is 2. The Morgan fingerprint density at radius 2 is 1.32 bits per heavy atom. The van der Waals surface area contributed by atoms with Crippen LogP contribution in [0.5, 0.6) is 5.75 Å². The summed E-state index contributed by atoms with van der Waals surface area (Å²) in [6.45, 7) is 5.22. The molecule has 6 aliphatic rings. The van der Waals surface area contributed by atoms with Gasteiger partial charge in [-0.1, -0.05) is 36.4 Å². The lowest BCUT2D eigenvalue weighted by Gasteiger charge is -2.57. The highest BCUT2D eigenvalue weighted by Gasteiger charge is 2.51. The number of benzene rings is 3. The highest BCUT2D eigenvalue weighted by Crippen LogP contribution is 2.60. The number of rotatable bonds is 9. The fraction of sp³-hybridized carbons (Fsp3) is 0.514. The Morgan fingerprint density at radius 3 is 1.91 bits per heavy atom. The molecule has 1 atom stereocenters. The Labute approximate surface area is 259 Å². The third kappa shape index (κ3) is 5.13. The van der Waals surface area contributed by atoms with Gasteiger partial charge in [-0.25, -0.2) is 0 Å². The van der Waals surface area contributed by atoms with E-state index in [1.165, 1.54) is 49.0 Å². The topological polar surface area (TPSA) is 73.3 Å². The first kappa shape index (κ1) is 28.2. The van der Waals surface area contributed by atoms with Gasteiger partial charge >= 0.3 is 0 Å². The predicted molar refractivity (Wildman–Crippen MR) is 170 cm³/mol. The third-order valence-corrected chi connectivity index (χ3v) is 11.4. The number of hydrogen-bond acceptors (Lipinski definition) is 6. The Morgan fingerprint density at radius 1 is 0.750 bits per heavy atom. The minimum atomic E-state index is -0.559. The van der Waals surface area contributed by atoms with Gasteiger partial charge in [0.25, 0.3) is 11.8 Å². The van der Waals surface area contributed by atoms with Crippen molar-refractivity contribution in [3.05, 3.63) is 77.4 Å². The molecule has 0 radical (unpaired) electrons. The lowest BCUT2D eigenvalue weighted by atomic mass is 9.48. The molecule has 9 rings (SSSR count). The second kappa shape index (κ2) is 11.3. The van der Waals surface area contributed by atoms with E-state index in [1.807, 2.05) is 36.4 Å². The van der Waals surface area contributed by atoms with Crippen LogP contribution in [0.2, 0.25) is 0 Å². The van der Waals surface area contributed by atoms with Crippen LogP contribution in [0.25, 0.3) is 10.8 Å². The van der Waals surface area contributed by atoms with E-state index >= 15 is 0 Å². The van der Waals surface area contributed by atoms with Crippen LogP contribution >= 0.6 is 0 Å². The summed E-state index contributed by atoms with van der Waals surface area (Å²) in [4.78, 5) is 32.4. The predicted octanol–water partition coefficient (Wildman–Crippen LogP) is 4.96. The molecule has 44 heavy (non-hydrogen) atoms. The Hall–Kier alpha value is -3.26. The number of carbonyl (C=O) groups is 2. The average molecular weight is 594 g/mol. The van der Waals surface area contributed by atoms with Gasteiger partial charge in [-0.3, -0.25) is 24.3 Å². The SMILES string of the molecule is O=C1c2cccc3cccc(c23)C(=O)N1CCN1CCN(CC(O)COc2ccc(C34CC5CC(CC(C5)C3)C4)cc2)CC1. The first-order valence-electron chi connectivity index (χ1n) is 16.7. The highest BCUT2D eigenvalue weighted by molar-refractivity contribution is 6.25. The van der Waals surface area contributed by atoms with Gasteiger partial charge in [0.2, 0.25) is 0 Å². The maximum absolute atomic E-state index is 13.2. The largest absolute Gasteiger partial charge is 0.491 e. The van der Waals surface area contributed by atoms with Crippen molar-refractivity contribution in [1.82, 2.24) is 14.7 Å². The van der Waals surface area contributed by atoms with Crippen molar-refractivity contribution < 1.29 is 19.4 Å². The summed E-state index contributed by atoms with van der Waals surface area (Å²) in [6.07, 6.45) is 7.92. The quantitative estimate of drug-likeness (QED) is 0.354. The summed E-state index contributed by atoms with van der Waals surface area (Å²) in [6, 6.07) is 20.1. The Balaban J connectivity index is 0.790. The van der Waals surface area contributed by atoms with Crippen LogP contribution in [-0.2, 0) is 5.41 Å². The first-order chi connectivity index (χ1) is 21.4. The molecule has 0 spiro atoms. The molecular weight excluding hydrogens is 550 g/mol. The fourth-order valence-electron chi connectivity index (χ4n) is 9.63. The van der Waals surface area contributed by atoms with Crippen molar-refractivity contribution in [2.75, 3.05) is 52.4 Å². The molecule has 230 valence electrons. The molecule has 4 aliphatic carbocycles. The maximum Gasteiger partial charge on any atom is 0.261 e. The van der Waals surface area contributed by atoms with Gasteiger partial charge < -0.3 is 9.84 Å². The van der Waals surface area contributed by atoms with E-state index in [0.29, 0.717) is 36.2 Å². The van der Waals surface area contributed by atoms with E-state index in [4.69, 9.17) is 4.74 Å². The number of ether oxygens (including phenoxy) is 1. The number of carbonyl (C=O) groups excluding carboxylic acids is 2. The number of β-amino-alcohol motifs (C(OH)–C–C–N with tert-alkyl or cyclic N) is 1. The fourth-order valence-corrected chi connectivity index (χ4v) is 9.63. The summed E-state index contributed by atoms with van der Waals surface area (Å²) in [5.74, 6) is 3.23. The van der Waals surface area contributed by atoms with Crippen LogP contribution < -0.4 is 4.74 Å². The van der Waals surface area contributed by atoms with Crippen LogP contribution in [0.15, 0.2) is 60.7 Å². The van der Waals surface area contributed by atoms with E-state index < -0.39 is 6.10 Å². The van der Waals surface area contributed by atoms with E-state index in [1.54, 1.807) is 0 Å². The van der Waals surface area contributed by atoms with Gasteiger partial charge in [0.1, 0.15) is 18.5 Å². The van der Waals surface area contributed by atoms with Crippen LogP contribution in [0, 0.1) is 17.8 Å². The molecule has 4 bridgehead atoms. The summed E-state index contributed by atoms with van der Waals surface area (Å²) in [5.41, 5.74) is 3.11. The van der Waals surface area contributed by atoms with E-state index in [-0.39, 0.29) is 18.4 Å². The van der Waals surface area contributed by atoms with Crippen molar-refractivity contribution in [1.29, 1.82) is 0 Å². The molecule has 5 fully saturated rings. The summed E-state index contributed by atoms with van der Waals surface area (Å²) in [7, 11) is 0. The van der Waals surface area contributed by atoms with Crippen LogP contribution in [0.1, 0.15) is 64.8 Å². The number of aliphatic hydroxyl groups is 1.